The minimum Gasteiger partial charge on any atom is -0.480 e. The minimum atomic E-state index is -0.732. The summed E-state index contributed by atoms with van der Waals surface area (Å²) in [5.41, 5.74) is -0.732. The molecular formula is C16H31N3O2. The van der Waals surface area contributed by atoms with Crippen LogP contribution in [0.4, 0.5) is 0 Å². The first kappa shape index (κ1) is 16.7. The molecule has 1 saturated carbocycles. The van der Waals surface area contributed by atoms with Crippen molar-refractivity contribution >= 4 is 5.97 Å². The number of piperazine rings is 1. The molecule has 0 spiro atoms. The van der Waals surface area contributed by atoms with E-state index in [1.54, 1.807) is 0 Å². The summed E-state index contributed by atoms with van der Waals surface area (Å²) in [6, 6.07) is 0.876. The fourth-order valence-electron chi connectivity index (χ4n) is 3.46. The van der Waals surface area contributed by atoms with Crippen LogP contribution < -0.4 is 5.32 Å². The molecule has 5 heteroatoms. The van der Waals surface area contributed by atoms with E-state index >= 15 is 0 Å². The molecule has 0 aromatic carbocycles. The van der Waals surface area contributed by atoms with Gasteiger partial charge in [0.1, 0.15) is 5.54 Å². The summed E-state index contributed by atoms with van der Waals surface area (Å²) in [4.78, 5) is 16.7. The SMILES string of the molecule is CCNC(CC)(CCCN1CCN(C2CC2)CC1)C(=O)O. The summed E-state index contributed by atoms with van der Waals surface area (Å²) in [5, 5.41) is 12.7. The van der Waals surface area contributed by atoms with Crippen LogP contribution in [0.1, 0.15) is 46.0 Å². The van der Waals surface area contributed by atoms with Gasteiger partial charge in [-0.05, 0) is 45.2 Å². The van der Waals surface area contributed by atoms with Crippen LogP contribution in [-0.4, -0.2) is 71.7 Å². The molecule has 0 amide bonds. The molecule has 0 bridgehead atoms. The second-order valence-electron chi connectivity index (χ2n) is 6.48. The van der Waals surface area contributed by atoms with Gasteiger partial charge in [-0.2, -0.15) is 0 Å². The van der Waals surface area contributed by atoms with Crippen molar-refractivity contribution < 1.29 is 9.90 Å². The number of rotatable bonds is 9. The molecule has 1 aliphatic carbocycles. The van der Waals surface area contributed by atoms with Gasteiger partial charge < -0.3 is 15.3 Å². The number of nitrogens with one attached hydrogen (secondary N) is 1. The molecule has 1 heterocycles. The normalized spacial score (nSPS) is 23.9. The number of likely N-dealkylation sites (N-methyl/N-ethyl adjacent to an activating group) is 1. The quantitative estimate of drug-likeness (QED) is 0.673. The zero-order valence-electron chi connectivity index (χ0n) is 13.6. The third-order valence-electron chi connectivity index (χ3n) is 5.08. The van der Waals surface area contributed by atoms with Crippen LogP contribution in [0.5, 0.6) is 0 Å². The Labute approximate surface area is 128 Å². The molecule has 0 aromatic rings. The monoisotopic (exact) mass is 297 g/mol. The lowest BCUT2D eigenvalue weighted by Gasteiger charge is -2.35. The van der Waals surface area contributed by atoms with E-state index in [2.05, 4.69) is 15.1 Å². The van der Waals surface area contributed by atoms with Crippen LogP contribution in [0.3, 0.4) is 0 Å². The predicted molar refractivity (Wildman–Crippen MR) is 84.6 cm³/mol. The highest BCUT2D eigenvalue weighted by atomic mass is 16.4. The van der Waals surface area contributed by atoms with Gasteiger partial charge in [-0.15, -0.1) is 0 Å². The topological polar surface area (TPSA) is 55.8 Å². The maximum absolute atomic E-state index is 11.6. The number of carboxylic acids is 1. The number of hydrogen-bond donors (Lipinski definition) is 2. The summed E-state index contributed by atoms with van der Waals surface area (Å²) in [6.45, 7) is 10.3. The Hall–Kier alpha value is -0.650. The zero-order chi connectivity index (χ0) is 15.3. The van der Waals surface area contributed by atoms with E-state index < -0.39 is 11.5 Å². The molecule has 2 rings (SSSR count). The molecule has 0 radical (unpaired) electrons. The van der Waals surface area contributed by atoms with Gasteiger partial charge in [0.2, 0.25) is 0 Å². The molecule has 2 N–H and O–H groups in total. The van der Waals surface area contributed by atoms with Crippen molar-refractivity contribution in [2.75, 3.05) is 39.3 Å². The number of carbonyl (C=O) groups is 1. The zero-order valence-corrected chi connectivity index (χ0v) is 13.6. The van der Waals surface area contributed by atoms with Gasteiger partial charge in [0.25, 0.3) is 0 Å². The van der Waals surface area contributed by atoms with E-state index in [1.807, 2.05) is 13.8 Å². The van der Waals surface area contributed by atoms with E-state index in [0.717, 1.165) is 38.5 Å². The molecule has 2 fully saturated rings. The van der Waals surface area contributed by atoms with Gasteiger partial charge in [-0.25, -0.2) is 0 Å². The molecule has 0 aromatic heterocycles. The second-order valence-corrected chi connectivity index (χ2v) is 6.48. The number of carboxylic acid groups (broad SMARTS) is 1. The summed E-state index contributed by atoms with van der Waals surface area (Å²) < 4.78 is 0. The molecule has 2 aliphatic rings. The van der Waals surface area contributed by atoms with Crippen LogP contribution in [-0.2, 0) is 4.79 Å². The van der Waals surface area contributed by atoms with Crippen molar-refractivity contribution in [1.82, 2.24) is 15.1 Å². The van der Waals surface area contributed by atoms with Crippen LogP contribution in [0, 0.1) is 0 Å². The predicted octanol–water partition coefficient (Wildman–Crippen LogP) is 1.39. The smallest absolute Gasteiger partial charge is 0.323 e. The lowest BCUT2D eigenvalue weighted by molar-refractivity contribution is -0.145. The third kappa shape index (κ3) is 4.41. The Morgan fingerprint density at radius 3 is 2.38 bits per heavy atom. The minimum absolute atomic E-state index is 0.644. The maximum atomic E-state index is 11.6. The van der Waals surface area contributed by atoms with Crippen molar-refractivity contribution in [3.63, 3.8) is 0 Å². The van der Waals surface area contributed by atoms with Crippen LogP contribution in [0.15, 0.2) is 0 Å². The van der Waals surface area contributed by atoms with E-state index in [0.29, 0.717) is 13.0 Å². The summed E-state index contributed by atoms with van der Waals surface area (Å²) in [7, 11) is 0. The third-order valence-corrected chi connectivity index (χ3v) is 5.08. The van der Waals surface area contributed by atoms with Gasteiger partial charge in [0, 0.05) is 32.2 Å². The van der Waals surface area contributed by atoms with Crippen molar-refractivity contribution in [1.29, 1.82) is 0 Å². The van der Waals surface area contributed by atoms with E-state index in [1.165, 1.54) is 25.9 Å². The maximum Gasteiger partial charge on any atom is 0.323 e. The molecule has 1 atom stereocenters. The molecule has 1 aliphatic heterocycles. The average molecular weight is 297 g/mol. The Morgan fingerprint density at radius 1 is 1.24 bits per heavy atom. The van der Waals surface area contributed by atoms with Crippen molar-refractivity contribution in [3.8, 4) is 0 Å². The van der Waals surface area contributed by atoms with E-state index in [-0.39, 0.29) is 0 Å². The van der Waals surface area contributed by atoms with Gasteiger partial charge in [-0.3, -0.25) is 9.69 Å². The highest BCUT2D eigenvalue weighted by Crippen LogP contribution is 2.27. The van der Waals surface area contributed by atoms with Gasteiger partial charge >= 0.3 is 5.97 Å². The highest BCUT2D eigenvalue weighted by Gasteiger charge is 2.35. The lowest BCUT2D eigenvalue weighted by Crippen LogP contribution is -2.52. The number of hydrogen-bond acceptors (Lipinski definition) is 4. The molecule has 5 nitrogen and oxygen atoms in total. The summed E-state index contributed by atoms with van der Waals surface area (Å²) in [5.74, 6) is -0.703. The number of aliphatic carboxylic acids is 1. The molecule has 21 heavy (non-hydrogen) atoms. The molecular weight excluding hydrogens is 266 g/mol. The number of nitrogens with zero attached hydrogens (tertiary/aromatic N) is 2. The van der Waals surface area contributed by atoms with E-state index in [9.17, 15) is 9.90 Å². The Morgan fingerprint density at radius 2 is 1.90 bits per heavy atom. The highest BCUT2D eigenvalue weighted by molar-refractivity contribution is 5.78. The van der Waals surface area contributed by atoms with Gasteiger partial charge in [-0.1, -0.05) is 13.8 Å². The van der Waals surface area contributed by atoms with Gasteiger partial charge in [0.15, 0.2) is 0 Å². The molecule has 1 unspecified atom stereocenters. The summed E-state index contributed by atoms with van der Waals surface area (Å²) >= 11 is 0. The Kier molecular flexibility index (Phi) is 6.02. The average Bonchev–Trinajstić information content (AvgIpc) is 3.31. The van der Waals surface area contributed by atoms with Crippen molar-refractivity contribution in [3.05, 3.63) is 0 Å². The standard InChI is InChI=1S/C16H31N3O2/c1-3-16(15(20)21,17-4-2)8-5-9-18-10-12-19(13-11-18)14-6-7-14/h14,17H,3-13H2,1-2H3,(H,20,21). The lowest BCUT2D eigenvalue weighted by atomic mass is 9.90. The van der Waals surface area contributed by atoms with E-state index in [4.69, 9.17) is 0 Å². The fraction of sp³-hybridized carbons (Fsp3) is 0.938. The molecule has 122 valence electrons. The summed E-state index contributed by atoms with van der Waals surface area (Å²) in [6.07, 6.45) is 5.10. The van der Waals surface area contributed by atoms with Crippen LogP contribution >= 0.6 is 0 Å². The first-order chi connectivity index (χ1) is 10.1. The second kappa shape index (κ2) is 7.56. The van der Waals surface area contributed by atoms with Crippen LogP contribution in [0.25, 0.3) is 0 Å². The van der Waals surface area contributed by atoms with Gasteiger partial charge in [0.05, 0.1) is 0 Å². The Bertz CT molecular complexity index is 338. The Balaban J connectivity index is 1.71. The first-order valence-corrected chi connectivity index (χ1v) is 8.56. The first-order valence-electron chi connectivity index (χ1n) is 8.56. The molecule has 1 saturated heterocycles. The largest absolute Gasteiger partial charge is 0.480 e. The van der Waals surface area contributed by atoms with Crippen molar-refractivity contribution in [2.24, 2.45) is 0 Å². The van der Waals surface area contributed by atoms with Crippen molar-refractivity contribution in [2.45, 2.75) is 57.5 Å². The van der Waals surface area contributed by atoms with Crippen LogP contribution in [0.2, 0.25) is 0 Å². The fourth-order valence-corrected chi connectivity index (χ4v) is 3.46.